The number of thiocarbonyl (C=S) groups is 1. The monoisotopic (exact) mass is 295 g/mol. The van der Waals surface area contributed by atoms with Crippen molar-refractivity contribution in [3.8, 4) is 11.5 Å². The van der Waals surface area contributed by atoms with E-state index >= 15 is 0 Å². The van der Waals surface area contributed by atoms with Crippen molar-refractivity contribution in [1.29, 1.82) is 0 Å². The van der Waals surface area contributed by atoms with Gasteiger partial charge in [-0.25, -0.2) is 0 Å². The van der Waals surface area contributed by atoms with Crippen molar-refractivity contribution in [1.82, 2.24) is 10.7 Å². The molecule has 20 heavy (non-hydrogen) atoms. The summed E-state index contributed by atoms with van der Waals surface area (Å²) in [6.45, 7) is 5.27. The van der Waals surface area contributed by atoms with Crippen molar-refractivity contribution in [2.75, 3.05) is 20.3 Å². The fraction of sp³-hybridized carbons (Fsp3) is 0.429. The maximum absolute atomic E-state index is 5.64. The predicted octanol–water partition coefficient (Wildman–Crippen LogP) is 2.30. The Morgan fingerprint density at radius 2 is 2.10 bits per heavy atom. The van der Waals surface area contributed by atoms with E-state index in [-0.39, 0.29) is 0 Å². The molecule has 0 spiro atoms. The van der Waals surface area contributed by atoms with Crippen LogP contribution in [0.2, 0.25) is 0 Å². The molecule has 1 rings (SSSR count). The fourth-order valence-corrected chi connectivity index (χ4v) is 1.48. The van der Waals surface area contributed by atoms with E-state index in [1.165, 1.54) is 0 Å². The molecule has 0 aliphatic carbocycles. The highest BCUT2D eigenvalue weighted by Crippen LogP contribution is 2.28. The molecule has 0 heterocycles. The Morgan fingerprint density at radius 3 is 2.75 bits per heavy atom. The molecule has 0 radical (unpaired) electrons. The van der Waals surface area contributed by atoms with Crippen LogP contribution in [-0.2, 0) is 0 Å². The third kappa shape index (κ3) is 5.44. The van der Waals surface area contributed by atoms with E-state index in [1.54, 1.807) is 13.3 Å². The van der Waals surface area contributed by atoms with Crippen molar-refractivity contribution < 1.29 is 9.47 Å². The van der Waals surface area contributed by atoms with Crippen LogP contribution >= 0.6 is 12.2 Å². The van der Waals surface area contributed by atoms with E-state index in [4.69, 9.17) is 21.7 Å². The van der Waals surface area contributed by atoms with E-state index in [2.05, 4.69) is 22.8 Å². The summed E-state index contributed by atoms with van der Waals surface area (Å²) in [4.78, 5) is 0. The van der Waals surface area contributed by atoms with Crippen LogP contribution < -0.4 is 20.2 Å². The zero-order valence-electron chi connectivity index (χ0n) is 12.1. The van der Waals surface area contributed by atoms with Crippen molar-refractivity contribution in [3.63, 3.8) is 0 Å². The van der Waals surface area contributed by atoms with Gasteiger partial charge in [0, 0.05) is 7.05 Å². The van der Waals surface area contributed by atoms with Crippen LogP contribution in [0.4, 0.5) is 0 Å². The van der Waals surface area contributed by atoms with Crippen LogP contribution in [0.5, 0.6) is 11.5 Å². The minimum Gasteiger partial charge on any atom is -0.490 e. The third-order valence-electron chi connectivity index (χ3n) is 2.34. The quantitative estimate of drug-likeness (QED) is 0.459. The van der Waals surface area contributed by atoms with Gasteiger partial charge in [0.25, 0.3) is 0 Å². The van der Waals surface area contributed by atoms with E-state index < -0.39 is 0 Å². The van der Waals surface area contributed by atoms with Gasteiger partial charge in [-0.3, -0.25) is 5.43 Å². The SMILES string of the molecule is CCCOc1ccc(/C=N\NC(=S)NC)cc1OCC. The molecule has 0 amide bonds. The molecular weight excluding hydrogens is 274 g/mol. The summed E-state index contributed by atoms with van der Waals surface area (Å²) in [6, 6.07) is 5.70. The summed E-state index contributed by atoms with van der Waals surface area (Å²) < 4.78 is 11.2. The molecule has 0 fully saturated rings. The highest BCUT2D eigenvalue weighted by molar-refractivity contribution is 7.80. The van der Waals surface area contributed by atoms with Crippen LogP contribution in [0, 0.1) is 0 Å². The Labute approximate surface area is 125 Å². The first-order chi connectivity index (χ1) is 9.71. The second-order valence-electron chi connectivity index (χ2n) is 3.94. The van der Waals surface area contributed by atoms with Crippen LogP contribution in [0.25, 0.3) is 0 Å². The summed E-state index contributed by atoms with van der Waals surface area (Å²) in [6.07, 6.45) is 2.63. The average Bonchev–Trinajstić information content (AvgIpc) is 2.46. The van der Waals surface area contributed by atoms with Gasteiger partial charge in [0.2, 0.25) is 0 Å². The summed E-state index contributed by atoms with van der Waals surface area (Å²) in [5, 5.41) is 7.27. The number of nitrogens with zero attached hydrogens (tertiary/aromatic N) is 1. The number of hydrazone groups is 1. The van der Waals surface area contributed by atoms with Crippen molar-refractivity contribution in [3.05, 3.63) is 23.8 Å². The number of ether oxygens (including phenoxy) is 2. The Bertz CT molecular complexity index is 464. The normalized spacial score (nSPS) is 10.3. The van der Waals surface area contributed by atoms with Crippen molar-refractivity contribution in [2.45, 2.75) is 20.3 Å². The van der Waals surface area contributed by atoms with Gasteiger partial charge in [0.15, 0.2) is 16.6 Å². The molecule has 0 aliphatic heterocycles. The Kier molecular flexibility index (Phi) is 7.42. The third-order valence-corrected chi connectivity index (χ3v) is 2.63. The molecule has 0 unspecified atom stereocenters. The molecule has 0 bridgehead atoms. The average molecular weight is 295 g/mol. The molecule has 2 N–H and O–H groups in total. The van der Waals surface area contributed by atoms with Gasteiger partial charge in [-0.05, 0) is 49.3 Å². The van der Waals surface area contributed by atoms with E-state index in [0.29, 0.717) is 18.3 Å². The number of hydrogen-bond acceptors (Lipinski definition) is 4. The van der Waals surface area contributed by atoms with Gasteiger partial charge < -0.3 is 14.8 Å². The zero-order chi connectivity index (χ0) is 14.8. The van der Waals surface area contributed by atoms with Gasteiger partial charge >= 0.3 is 0 Å². The second-order valence-corrected chi connectivity index (χ2v) is 4.35. The lowest BCUT2D eigenvalue weighted by Crippen LogP contribution is -2.28. The maximum atomic E-state index is 5.64. The van der Waals surface area contributed by atoms with Crippen molar-refractivity contribution in [2.24, 2.45) is 5.10 Å². The Balaban J connectivity index is 2.78. The number of benzene rings is 1. The predicted molar refractivity (Wildman–Crippen MR) is 85.8 cm³/mol. The van der Waals surface area contributed by atoms with Gasteiger partial charge in [0.05, 0.1) is 19.4 Å². The molecule has 0 saturated carbocycles. The summed E-state index contributed by atoms with van der Waals surface area (Å²) in [5.41, 5.74) is 3.61. The lowest BCUT2D eigenvalue weighted by atomic mass is 10.2. The van der Waals surface area contributed by atoms with E-state index in [0.717, 1.165) is 23.5 Å². The minimum atomic E-state index is 0.467. The molecule has 110 valence electrons. The summed E-state index contributed by atoms with van der Waals surface area (Å²) in [7, 11) is 1.73. The van der Waals surface area contributed by atoms with E-state index in [1.807, 2.05) is 25.1 Å². The summed E-state index contributed by atoms with van der Waals surface area (Å²) >= 11 is 4.93. The molecule has 0 aliphatic rings. The Hall–Kier alpha value is -1.82. The number of hydrogen-bond donors (Lipinski definition) is 2. The van der Waals surface area contributed by atoms with Gasteiger partial charge in [0.1, 0.15) is 0 Å². The van der Waals surface area contributed by atoms with Crippen LogP contribution in [0.15, 0.2) is 23.3 Å². The molecule has 0 saturated heterocycles. The van der Waals surface area contributed by atoms with Crippen LogP contribution in [0.1, 0.15) is 25.8 Å². The lowest BCUT2D eigenvalue weighted by Gasteiger charge is -2.11. The molecule has 1 aromatic carbocycles. The smallest absolute Gasteiger partial charge is 0.186 e. The van der Waals surface area contributed by atoms with Crippen LogP contribution in [0.3, 0.4) is 0 Å². The molecule has 0 atom stereocenters. The van der Waals surface area contributed by atoms with Crippen molar-refractivity contribution >= 4 is 23.5 Å². The minimum absolute atomic E-state index is 0.467. The van der Waals surface area contributed by atoms with Crippen LogP contribution in [-0.4, -0.2) is 31.6 Å². The molecule has 0 aromatic heterocycles. The number of nitrogens with one attached hydrogen (secondary N) is 2. The maximum Gasteiger partial charge on any atom is 0.186 e. The highest BCUT2D eigenvalue weighted by Gasteiger charge is 2.05. The topological polar surface area (TPSA) is 54.9 Å². The molecule has 6 heteroatoms. The fourth-order valence-electron chi connectivity index (χ4n) is 1.43. The first-order valence-corrected chi connectivity index (χ1v) is 7.02. The zero-order valence-corrected chi connectivity index (χ0v) is 12.9. The Morgan fingerprint density at radius 1 is 1.30 bits per heavy atom. The first-order valence-electron chi connectivity index (χ1n) is 6.61. The van der Waals surface area contributed by atoms with Gasteiger partial charge in [-0.15, -0.1) is 0 Å². The summed E-state index contributed by atoms with van der Waals surface area (Å²) in [5.74, 6) is 1.48. The molecule has 5 nitrogen and oxygen atoms in total. The molecule has 1 aromatic rings. The second kappa shape index (κ2) is 9.14. The largest absolute Gasteiger partial charge is 0.490 e. The standard InChI is InChI=1S/C14H21N3O2S/c1-4-8-19-12-7-6-11(9-13(12)18-5-2)10-16-17-14(20)15-3/h6-7,9-10H,4-5,8H2,1-3H3,(H2,15,17,20)/b16-10-. The lowest BCUT2D eigenvalue weighted by molar-refractivity contribution is 0.277. The first kappa shape index (κ1) is 16.2. The van der Waals surface area contributed by atoms with Gasteiger partial charge in [-0.1, -0.05) is 6.92 Å². The van der Waals surface area contributed by atoms with E-state index in [9.17, 15) is 0 Å². The van der Waals surface area contributed by atoms with Gasteiger partial charge in [-0.2, -0.15) is 5.10 Å². The number of rotatable bonds is 7. The highest BCUT2D eigenvalue weighted by atomic mass is 32.1. The molecular formula is C14H21N3O2S.